The van der Waals surface area contributed by atoms with E-state index in [0.29, 0.717) is 41.7 Å². The van der Waals surface area contributed by atoms with Crippen molar-refractivity contribution in [2.24, 2.45) is 67.6 Å². The second-order valence-corrected chi connectivity index (χ2v) is 17.1. The predicted octanol–water partition coefficient (Wildman–Crippen LogP) is 7.42. The molecule has 10 atom stereocenters. The summed E-state index contributed by atoms with van der Waals surface area (Å²) in [7, 11) is 0. The second kappa shape index (κ2) is 10.6. The molecule has 1 aromatic carbocycles. The SMILES string of the molecule is C=C(C)[C@@H]1CC[C@]2(C(=O)NCc3cccc(/C(N)=N/O)c3)CC[C@]3(C)C(CCC4[C@@]5(C)CC[C@H](O)C(C)(C)C5CC[C@]43C)C12. The molecule has 44 heavy (non-hydrogen) atoms. The lowest BCUT2D eigenvalue weighted by atomic mass is 9.32. The average molecular weight is 604 g/mol. The van der Waals surface area contributed by atoms with Crippen molar-refractivity contribution in [1.29, 1.82) is 0 Å². The molecule has 5 aliphatic rings. The molecule has 0 aromatic heterocycles. The first-order valence-corrected chi connectivity index (χ1v) is 17.3. The average Bonchev–Trinajstić information content (AvgIpc) is 3.39. The summed E-state index contributed by atoms with van der Waals surface area (Å²) in [5.41, 5.74) is 8.91. The fraction of sp³-hybridized carbons (Fsp3) is 0.737. The molecule has 1 aromatic rings. The van der Waals surface area contributed by atoms with Gasteiger partial charge in [-0.15, -0.1) is 0 Å². The second-order valence-electron chi connectivity index (χ2n) is 17.1. The number of nitrogens with two attached hydrogens (primary N) is 1. The quantitative estimate of drug-likeness (QED) is 0.0924. The van der Waals surface area contributed by atoms with Crippen LogP contribution in [0.1, 0.15) is 117 Å². The van der Waals surface area contributed by atoms with Crippen LogP contribution in [0, 0.1) is 56.7 Å². The van der Waals surface area contributed by atoms with E-state index in [1.165, 1.54) is 31.3 Å². The molecule has 6 heteroatoms. The van der Waals surface area contributed by atoms with Crippen molar-refractivity contribution < 1.29 is 15.1 Å². The maximum Gasteiger partial charge on any atom is 0.226 e. The van der Waals surface area contributed by atoms with Crippen LogP contribution >= 0.6 is 0 Å². The number of allylic oxidation sites excluding steroid dienone is 1. The number of nitrogens with zero attached hydrogens (tertiary/aromatic N) is 1. The Labute approximate surface area is 265 Å². The highest BCUT2D eigenvalue weighted by Crippen LogP contribution is 2.77. The van der Waals surface area contributed by atoms with Crippen LogP contribution in [-0.2, 0) is 11.3 Å². The fourth-order valence-corrected chi connectivity index (χ4v) is 12.8. The molecule has 0 saturated heterocycles. The Hall–Kier alpha value is -2.34. The highest BCUT2D eigenvalue weighted by atomic mass is 16.4. The standard InChI is InChI=1S/C38H57N3O3/c1-23(2)26-13-18-38(33(43)40-22-24-9-8-10-25(21-24)32(39)41-44)20-19-36(6)27(31(26)38)11-12-29-35(5)16-15-30(42)34(3,4)28(35)14-17-37(29,36)7/h8-10,21,26-31,42,44H,1,11-20,22H2,2-7H3,(H2,39,41)(H,40,43)/t26-,27?,28?,29?,30-,31?,35-,36+,37+,38-/m0/s1. The highest BCUT2D eigenvalue weighted by Gasteiger charge is 2.71. The minimum Gasteiger partial charge on any atom is -0.409 e. The lowest BCUT2D eigenvalue weighted by Crippen LogP contribution is -2.67. The van der Waals surface area contributed by atoms with Crippen molar-refractivity contribution in [3.8, 4) is 0 Å². The van der Waals surface area contributed by atoms with Gasteiger partial charge in [-0.2, -0.15) is 0 Å². The number of hydrogen-bond donors (Lipinski definition) is 4. The van der Waals surface area contributed by atoms with E-state index in [2.05, 4.69) is 58.6 Å². The molecule has 0 spiro atoms. The number of nitrogens with one attached hydrogen (secondary N) is 1. The van der Waals surface area contributed by atoms with Crippen LogP contribution in [0.2, 0.25) is 0 Å². The number of oxime groups is 1. The molecule has 5 N–H and O–H groups in total. The van der Waals surface area contributed by atoms with E-state index in [9.17, 15) is 9.90 Å². The van der Waals surface area contributed by atoms with Crippen LogP contribution in [0.3, 0.4) is 0 Å². The van der Waals surface area contributed by atoms with E-state index in [-0.39, 0.29) is 44.9 Å². The molecule has 6 nitrogen and oxygen atoms in total. The number of carbonyl (C=O) groups excluding carboxylic acids is 1. The van der Waals surface area contributed by atoms with Gasteiger partial charge in [0.25, 0.3) is 0 Å². The van der Waals surface area contributed by atoms with E-state index < -0.39 is 0 Å². The summed E-state index contributed by atoms with van der Waals surface area (Å²) in [4.78, 5) is 14.4. The molecule has 0 bridgehead atoms. The number of hydrogen-bond acceptors (Lipinski definition) is 4. The minimum absolute atomic E-state index is 0.0431. The largest absolute Gasteiger partial charge is 0.409 e. The molecule has 1 amide bonds. The van der Waals surface area contributed by atoms with E-state index in [4.69, 9.17) is 10.9 Å². The van der Waals surface area contributed by atoms with Crippen molar-refractivity contribution >= 4 is 11.7 Å². The van der Waals surface area contributed by atoms with E-state index >= 15 is 0 Å². The third kappa shape index (κ3) is 4.28. The summed E-state index contributed by atoms with van der Waals surface area (Å²) in [5, 5.41) is 26.7. The third-order valence-electron chi connectivity index (χ3n) is 15.3. The Kier molecular flexibility index (Phi) is 7.62. The number of carbonyl (C=O) groups is 1. The lowest BCUT2D eigenvalue weighted by molar-refractivity contribution is -0.246. The Bertz CT molecular complexity index is 1350. The van der Waals surface area contributed by atoms with E-state index in [1.54, 1.807) is 0 Å². The van der Waals surface area contributed by atoms with Gasteiger partial charge in [0, 0.05) is 12.1 Å². The van der Waals surface area contributed by atoms with Crippen LogP contribution in [0.15, 0.2) is 41.6 Å². The Morgan fingerprint density at radius 3 is 2.43 bits per heavy atom. The van der Waals surface area contributed by atoms with Gasteiger partial charge in [0.2, 0.25) is 5.91 Å². The number of fused-ring (bicyclic) bond motifs is 7. The molecular formula is C38H57N3O3. The molecule has 4 unspecified atom stereocenters. The molecule has 6 rings (SSSR count). The van der Waals surface area contributed by atoms with Crippen molar-refractivity contribution in [3.63, 3.8) is 0 Å². The van der Waals surface area contributed by atoms with Gasteiger partial charge < -0.3 is 21.4 Å². The summed E-state index contributed by atoms with van der Waals surface area (Å²) in [6.45, 7) is 19.6. The first kappa shape index (κ1) is 31.6. The first-order valence-electron chi connectivity index (χ1n) is 17.3. The maximum atomic E-state index is 14.4. The van der Waals surface area contributed by atoms with Gasteiger partial charge in [0.05, 0.1) is 11.5 Å². The normalized spacial score (nSPS) is 44.5. The highest BCUT2D eigenvalue weighted by molar-refractivity contribution is 5.97. The monoisotopic (exact) mass is 603 g/mol. The van der Waals surface area contributed by atoms with Crippen molar-refractivity contribution in [1.82, 2.24) is 5.32 Å². The lowest BCUT2D eigenvalue weighted by Gasteiger charge is -2.72. The molecule has 5 fully saturated rings. The zero-order chi connectivity index (χ0) is 31.9. The van der Waals surface area contributed by atoms with Crippen LogP contribution in [0.5, 0.6) is 0 Å². The topological polar surface area (TPSA) is 108 Å². The fourth-order valence-electron chi connectivity index (χ4n) is 12.8. The molecule has 0 radical (unpaired) electrons. The molecule has 242 valence electrons. The summed E-state index contributed by atoms with van der Waals surface area (Å²) in [6.07, 6.45) is 10.7. The summed E-state index contributed by atoms with van der Waals surface area (Å²) < 4.78 is 0. The van der Waals surface area contributed by atoms with E-state index in [1.807, 2.05) is 24.3 Å². The Morgan fingerprint density at radius 2 is 1.73 bits per heavy atom. The van der Waals surface area contributed by atoms with Crippen molar-refractivity contribution in [2.75, 3.05) is 0 Å². The number of amides is 1. The zero-order valence-corrected chi connectivity index (χ0v) is 28.1. The number of aliphatic hydroxyl groups excluding tert-OH is 1. The number of aliphatic hydroxyl groups is 1. The Morgan fingerprint density at radius 1 is 0.977 bits per heavy atom. The van der Waals surface area contributed by atoms with Gasteiger partial charge >= 0.3 is 0 Å². The Balaban J connectivity index is 1.30. The summed E-state index contributed by atoms with van der Waals surface area (Å²) >= 11 is 0. The first-order chi connectivity index (χ1) is 20.7. The van der Waals surface area contributed by atoms with Gasteiger partial charge in [-0.05, 0) is 134 Å². The van der Waals surface area contributed by atoms with Crippen LogP contribution < -0.4 is 11.1 Å². The van der Waals surface area contributed by atoms with Gasteiger partial charge in [0.1, 0.15) is 0 Å². The van der Waals surface area contributed by atoms with Gasteiger partial charge in [-0.3, -0.25) is 4.79 Å². The van der Waals surface area contributed by atoms with Gasteiger partial charge in [-0.1, -0.05) is 70.1 Å². The number of benzene rings is 1. The van der Waals surface area contributed by atoms with Crippen LogP contribution in [0.4, 0.5) is 0 Å². The number of rotatable bonds is 5. The maximum absolute atomic E-state index is 14.4. The molecule has 0 aliphatic heterocycles. The van der Waals surface area contributed by atoms with E-state index in [0.717, 1.165) is 44.1 Å². The van der Waals surface area contributed by atoms with Crippen molar-refractivity contribution in [3.05, 3.63) is 47.5 Å². The van der Waals surface area contributed by atoms with Crippen LogP contribution in [0.25, 0.3) is 0 Å². The molecule has 5 saturated carbocycles. The summed E-state index contributed by atoms with van der Waals surface area (Å²) in [5.74, 6) is 2.67. The number of amidine groups is 1. The summed E-state index contributed by atoms with van der Waals surface area (Å²) in [6, 6.07) is 7.57. The zero-order valence-electron chi connectivity index (χ0n) is 28.1. The third-order valence-corrected chi connectivity index (χ3v) is 15.3. The predicted molar refractivity (Wildman–Crippen MR) is 176 cm³/mol. The van der Waals surface area contributed by atoms with Crippen molar-refractivity contribution in [2.45, 2.75) is 118 Å². The molecule has 0 heterocycles. The molecular weight excluding hydrogens is 546 g/mol. The molecule has 5 aliphatic carbocycles. The van der Waals surface area contributed by atoms with Gasteiger partial charge in [-0.25, -0.2) is 0 Å². The van der Waals surface area contributed by atoms with Gasteiger partial charge in [0.15, 0.2) is 5.84 Å². The minimum atomic E-state index is -0.363. The van der Waals surface area contributed by atoms with Crippen LogP contribution in [-0.4, -0.2) is 28.2 Å². The smallest absolute Gasteiger partial charge is 0.226 e.